The van der Waals surface area contributed by atoms with E-state index in [0.717, 1.165) is 10.8 Å². The summed E-state index contributed by atoms with van der Waals surface area (Å²) in [5, 5.41) is 10.4. The zero-order chi connectivity index (χ0) is 16.4. The lowest BCUT2D eigenvalue weighted by molar-refractivity contribution is -0.116. The van der Waals surface area contributed by atoms with Crippen LogP contribution in [0.5, 0.6) is 0 Å². The van der Waals surface area contributed by atoms with Gasteiger partial charge >= 0.3 is 0 Å². The average molecular weight is 349 g/mol. The predicted molar refractivity (Wildman–Crippen MR) is 91.9 cm³/mol. The normalized spacial score (nSPS) is 10.9. The second-order valence-corrected chi connectivity index (χ2v) is 5.82. The Morgan fingerprint density at radius 3 is 2.57 bits per heavy atom. The molecule has 0 unspecified atom stereocenters. The van der Waals surface area contributed by atoms with Gasteiger partial charge in [0.05, 0.1) is 17.3 Å². The number of anilines is 1. The number of amides is 1. The van der Waals surface area contributed by atoms with Crippen molar-refractivity contribution in [1.29, 1.82) is 0 Å². The lowest BCUT2D eigenvalue weighted by atomic mass is 10.1. The van der Waals surface area contributed by atoms with Crippen molar-refractivity contribution in [2.24, 2.45) is 7.05 Å². The van der Waals surface area contributed by atoms with E-state index >= 15 is 0 Å². The number of carbonyl (C=O) groups excluding carboxylic acids is 1. The fourth-order valence-corrected chi connectivity index (χ4v) is 2.84. The Morgan fingerprint density at radius 1 is 1.26 bits per heavy atom. The summed E-state index contributed by atoms with van der Waals surface area (Å²) in [4.78, 5) is 13.8. The minimum Gasteiger partial charge on any atom is -0.304 e. The largest absolute Gasteiger partial charge is 0.304 e. The van der Waals surface area contributed by atoms with Crippen LogP contribution in [-0.4, -0.2) is 26.8 Å². The molecule has 0 radical (unpaired) electrons. The van der Waals surface area contributed by atoms with E-state index < -0.39 is 0 Å². The van der Waals surface area contributed by atoms with Crippen molar-refractivity contribution in [3.05, 3.63) is 53.3 Å². The molecule has 0 spiro atoms. The van der Waals surface area contributed by atoms with Gasteiger partial charge in [0.15, 0.2) is 0 Å². The number of benzene rings is 2. The second kappa shape index (κ2) is 6.56. The zero-order valence-corrected chi connectivity index (χ0v) is 13.9. The Labute approximate surface area is 143 Å². The number of alkyl halides is 1. The molecule has 0 aliphatic carbocycles. The van der Waals surface area contributed by atoms with Crippen LogP contribution in [0.2, 0.25) is 5.02 Å². The van der Waals surface area contributed by atoms with Crippen LogP contribution in [0.3, 0.4) is 0 Å². The van der Waals surface area contributed by atoms with Crippen LogP contribution >= 0.6 is 23.2 Å². The van der Waals surface area contributed by atoms with E-state index in [1.165, 1.54) is 4.90 Å². The molecule has 1 heterocycles. The molecular formula is C16H14Cl2N4O. The molecule has 1 aromatic heterocycles. The number of hydrogen-bond acceptors (Lipinski definition) is 3. The van der Waals surface area contributed by atoms with E-state index in [-0.39, 0.29) is 18.3 Å². The van der Waals surface area contributed by atoms with Crippen molar-refractivity contribution < 1.29 is 4.79 Å². The van der Waals surface area contributed by atoms with Gasteiger partial charge in [-0.1, -0.05) is 41.1 Å². The molecule has 0 saturated heterocycles. The number of carbonyl (C=O) groups is 1. The Kier molecular flexibility index (Phi) is 4.50. The Morgan fingerprint density at radius 2 is 1.96 bits per heavy atom. The maximum Gasteiger partial charge on any atom is 0.242 e. The number of aryl methyl sites for hydroxylation is 1. The molecule has 0 saturated carbocycles. The Balaban J connectivity index is 2.05. The van der Waals surface area contributed by atoms with Crippen LogP contribution < -0.4 is 4.90 Å². The topological polar surface area (TPSA) is 51.0 Å². The molecule has 0 N–H and O–H groups in total. The van der Waals surface area contributed by atoms with Crippen LogP contribution in [-0.2, 0) is 18.4 Å². The van der Waals surface area contributed by atoms with Gasteiger partial charge in [-0.05, 0) is 22.9 Å². The maximum atomic E-state index is 12.3. The van der Waals surface area contributed by atoms with Crippen molar-refractivity contribution in [2.45, 2.75) is 6.54 Å². The fraction of sp³-hybridized carbons (Fsp3) is 0.188. The molecule has 0 atom stereocenters. The number of aromatic nitrogens is 3. The highest BCUT2D eigenvalue weighted by Crippen LogP contribution is 2.32. The number of halogens is 2. The first-order valence-electron chi connectivity index (χ1n) is 6.98. The smallest absolute Gasteiger partial charge is 0.242 e. The molecule has 118 valence electrons. The first-order valence-corrected chi connectivity index (χ1v) is 7.89. The van der Waals surface area contributed by atoms with Gasteiger partial charge in [0.2, 0.25) is 5.91 Å². The first-order chi connectivity index (χ1) is 11.1. The van der Waals surface area contributed by atoms with Gasteiger partial charge in [0, 0.05) is 13.2 Å². The summed E-state index contributed by atoms with van der Waals surface area (Å²) >= 11 is 12.2. The molecule has 2 aromatic carbocycles. The third-order valence-corrected chi connectivity index (χ3v) is 4.02. The van der Waals surface area contributed by atoms with E-state index in [2.05, 4.69) is 10.3 Å². The number of fused-ring (bicyclic) bond motifs is 1. The second-order valence-electron chi connectivity index (χ2n) is 5.15. The number of nitrogens with zero attached hydrogens (tertiary/aromatic N) is 4. The van der Waals surface area contributed by atoms with Gasteiger partial charge in [-0.15, -0.1) is 16.7 Å². The predicted octanol–water partition coefficient (Wildman–Crippen LogP) is 3.39. The van der Waals surface area contributed by atoms with Crippen molar-refractivity contribution in [3.8, 4) is 0 Å². The molecule has 0 bridgehead atoms. The Bertz CT molecular complexity index is 862. The van der Waals surface area contributed by atoms with E-state index in [1.807, 2.05) is 36.4 Å². The molecule has 7 heteroatoms. The number of hydrogen-bond donors (Lipinski definition) is 0. The van der Waals surface area contributed by atoms with Gasteiger partial charge in [0.25, 0.3) is 0 Å². The highest BCUT2D eigenvalue weighted by molar-refractivity contribution is 6.35. The minimum absolute atomic E-state index is 0.135. The van der Waals surface area contributed by atoms with E-state index in [0.29, 0.717) is 16.4 Å². The summed E-state index contributed by atoms with van der Waals surface area (Å²) in [6.45, 7) is 0.261. The molecule has 23 heavy (non-hydrogen) atoms. The van der Waals surface area contributed by atoms with Crippen molar-refractivity contribution in [3.63, 3.8) is 0 Å². The average Bonchev–Trinajstić information content (AvgIpc) is 2.96. The summed E-state index contributed by atoms with van der Waals surface area (Å²) in [7, 11) is 1.77. The molecule has 3 aromatic rings. The van der Waals surface area contributed by atoms with Crippen LogP contribution in [0, 0.1) is 0 Å². The fourth-order valence-electron chi connectivity index (χ4n) is 2.42. The van der Waals surface area contributed by atoms with Gasteiger partial charge in [-0.3, -0.25) is 9.48 Å². The zero-order valence-electron chi connectivity index (χ0n) is 12.4. The molecule has 3 rings (SSSR count). The SMILES string of the molecule is Cn1cc(CN(C(=O)CCl)c2cc3ccccc3cc2Cl)nn1. The van der Waals surface area contributed by atoms with Crippen LogP contribution in [0.15, 0.2) is 42.6 Å². The molecule has 0 fully saturated rings. The summed E-state index contributed by atoms with van der Waals surface area (Å²) in [6.07, 6.45) is 1.75. The van der Waals surface area contributed by atoms with Crippen LogP contribution in [0.4, 0.5) is 5.69 Å². The summed E-state index contributed by atoms with van der Waals surface area (Å²) in [5.74, 6) is -0.377. The van der Waals surface area contributed by atoms with Gasteiger partial charge in [-0.2, -0.15) is 0 Å². The van der Waals surface area contributed by atoms with Crippen molar-refractivity contribution >= 4 is 45.6 Å². The third-order valence-electron chi connectivity index (χ3n) is 3.49. The van der Waals surface area contributed by atoms with Gasteiger partial charge in [0.1, 0.15) is 11.6 Å². The highest BCUT2D eigenvalue weighted by atomic mass is 35.5. The molecule has 1 amide bonds. The standard InChI is InChI=1S/C16H14Cl2N4O/c1-21-9-13(19-20-21)10-22(16(23)8-17)15-7-12-5-3-2-4-11(12)6-14(15)18/h2-7,9H,8,10H2,1H3. The summed E-state index contributed by atoms with van der Waals surface area (Å²) in [6, 6.07) is 11.6. The molecular weight excluding hydrogens is 335 g/mol. The van der Waals surface area contributed by atoms with Crippen molar-refractivity contribution in [1.82, 2.24) is 15.0 Å². The first kappa shape index (κ1) is 15.8. The summed E-state index contributed by atoms with van der Waals surface area (Å²) in [5.41, 5.74) is 1.27. The van der Waals surface area contributed by atoms with Crippen LogP contribution in [0.25, 0.3) is 10.8 Å². The van der Waals surface area contributed by atoms with Crippen LogP contribution in [0.1, 0.15) is 5.69 Å². The van der Waals surface area contributed by atoms with Crippen molar-refractivity contribution in [2.75, 3.05) is 10.8 Å². The van der Waals surface area contributed by atoms with E-state index in [1.54, 1.807) is 17.9 Å². The Hall–Kier alpha value is -2.11. The van der Waals surface area contributed by atoms with E-state index in [4.69, 9.17) is 23.2 Å². The quantitative estimate of drug-likeness (QED) is 0.679. The minimum atomic E-state index is -0.241. The number of rotatable bonds is 4. The maximum absolute atomic E-state index is 12.3. The van der Waals surface area contributed by atoms with Gasteiger partial charge < -0.3 is 4.90 Å². The summed E-state index contributed by atoms with van der Waals surface area (Å²) < 4.78 is 1.58. The molecule has 5 nitrogen and oxygen atoms in total. The third kappa shape index (κ3) is 3.30. The lowest BCUT2D eigenvalue weighted by Gasteiger charge is -2.22. The highest BCUT2D eigenvalue weighted by Gasteiger charge is 2.20. The molecule has 0 aliphatic heterocycles. The molecule has 0 aliphatic rings. The lowest BCUT2D eigenvalue weighted by Crippen LogP contribution is -2.31. The van der Waals surface area contributed by atoms with Gasteiger partial charge in [-0.25, -0.2) is 0 Å². The monoisotopic (exact) mass is 348 g/mol. The van der Waals surface area contributed by atoms with E-state index in [9.17, 15) is 4.79 Å².